The van der Waals surface area contributed by atoms with Crippen molar-refractivity contribution in [2.45, 2.75) is 37.8 Å². The number of likely N-dealkylation sites (N-methyl/N-ethyl adjacent to an activating group) is 1. The van der Waals surface area contributed by atoms with E-state index in [1.54, 1.807) is 44.2 Å². The number of nitrogens with one attached hydrogen (secondary N) is 1. The monoisotopic (exact) mass is 572 g/mol. The van der Waals surface area contributed by atoms with Crippen LogP contribution in [0.5, 0.6) is 0 Å². The highest BCUT2D eigenvalue weighted by atomic mass is 35.5. The van der Waals surface area contributed by atoms with Crippen LogP contribution >= 0.6 is 11.6 Å². The van der Waals surface area contributed by atoms with E-state index in [-0.39, 0.29) is 29.2 Å². The molecule has 1 N–H and O–H groups in total. The van der Waals surface area contributed by atoms with Gasteiger partial charge in [0.1, 0.15) is 12.6 Å². The van der Waals surface area contributed by atoms with Crippen molar-refractivity contribution < 1.29 is 22.9 Å². The van der Waals surface area contributed by atoms with Gasteiger partial charge in [0, 0.05) is 30.2 Å². The van der Waals surface area contributed by atoms with Gasteiger partial charge in [0.25, 0.3) is 15.7 Å². The minimum atomic E-state index is -4.33. The molecule has 0 saturated heterocycles. The van der Waals surface area contributed by atoms with E-state index in [4.69, 9.17) is 11.6 Å². The van der Waals surface area contributed by atoms with E-state index in [0.29, 0.717) is 17.1 Å². The first kappa shape index (κ1) is 29.6. The molecule has 3 rings (SSSR count). The van der Waals surface area contributed by atoms with Crippen LogP contribution in [-0.2, 0) is 26.2 Å². The Morgan fingerprint density at radius 1 is 1.00 bits per heavy atom. The zero-order chi connectivity index (χ0) is 28.6. The van der Waals surface area contributed by atoms with Gasteiger partial charge in [-0.15, -0.1) is 0 Å². The van der Waals surface area contributed by atoms with Gasteiger partial charge in [-0.1, -0.05) is 61.0 Å². The fourth-order valence-corrected chi connectivity index (χ4v) is 5.65. The summed E-state index contributed by atoms with van der Waals surface area (Å²) in [5.74, 6) is -1.08. The largest absolute Gasteiger partial charge is 0.355 e. The van der Waals surface area contributed by atoms with Crippen molar-refractivity contribution in [1.82, 2.24) is 10.2 Å². The van der Waals surface area contributed by atoms with Crippen LogP contribution in [0.4, 0.5) is 11.4 Å². The molecule has 0 spiro atoms. The summed E-state index contributed by atoms with van der Waals surface area (Å²) in [6.07, 6.45) is 0.254. The summed E-state index contributed by atoms with van der Waals surface area (Å²) in [5.41, 5.74) is 0.170. The molecule has 1 atom stereocenters. The summed E-state index contributed by atoms with van der Waals surface area (Å²) in [6.45, 7) is 3.07. The summed E-state index contributed by atoms with van der Waals surface area (Å²) < 4.78 is 28.3. The van der Waals surface area contributed by atoms with Crippen LogP contribution in [0.1, 0.15) is 25.8 Å². The highest BCUT2D eigenvalue weighted by Crippen LogP contribution is 2.28. The minimum absolute atomic E-state index is 0.0533. The molecule has 0 bridgehead atoms. The van der Waals surface area contributed by atoms with Crippen LogP contribution in [0, 0.1) is 10.1 Å². The van der Waals surface area contributed by atoms with Gasteiger partial charge in [0.2, 0.25) is 11.8 Å². The number of sulfonamides is 1. The lowest BCUT2D eigenvalue weighted by molar-refractivity contribution is -0.384. The number of halogens is 1. The van der Waals surface area contributed by atoms with Gasteiger partial charge >= 0.3 is 0 Å². The molecule has 10 nitrogen and oxygen atoms in total. The fourth-order valence-electron chi connectivity index (χ4n) is 4.03. The van der Waals surface area contributed by atoms with Gasteiger partial charge in [-0.25, -0.2) is 8.42 Å². The maximum Gasteiger partial charge on any atom is 0.271 e. The van der Waals surface area contributed by atoms with E-state index in [9.17, 15) is 28.1 Å². The molecule has 2 amide bonds. The van der Waals surface area contributed by atoms with Crippen LogP contribution in [0.15, 0.2) is 83.8 Å². The highest BCUT2D eigenvalue weighted by Gasteiger charge is 2.34. The summed E-state index contributed by atoms with van der Waals surface area (Å²) in [7, 11) is -4.33. The van der Waals surface area contributed by atoms with Crippen LogP contribution in [0.2, 0.25) is 5.02 Å². The lowest BCUT2D eigenvalue weighted by Gasteiger charge is -2.33. The molecule has 1 unspecified atom stereocenters. The Labute approximate surface area is 232 Å². The van der Waals surface area contributed by atoms with E-state index >= 15 is 0 Å². The van der Waals surface area contributed by atoms with Gasteiger partial charge in [-0.05, 0) is 43.2 Å². The first-order valence-corrected chi connectivity index (χ1v) is 14.0. The van der Waals surface area contributed by atoms with Crippen molar-refractivity contribution in [1.29, 1.82) is 0 Å². The number of hydrogen-bond donors (Lipinski definition) is 1. The van der Waals surface area contributed by atoms with E-state index in [1.807, 2.05) is 0 Å². The second-order valence-corrected chi connectivity index (χ2v) is 10.8. The van der Waals surface area contributed by atoms with Gasteiger partial charge in [0.15, 0.2) is 0 Å². The number of benzene rings is 3. The quantitative estimate of drug-likeness (QED) is 0.253. The number of anilines is 1. The lowest BCUT2D eigenvalue weighted by atomic mass is 10.1. The van der Waals surface area contributed by atoms with E-state index in [1.165, 1.54) is 47.4 Å². The van der Waals surface area contributed by atoms with Gasteiger partial charge in [0.05, 0.1) is 15.5 Å². The molecule has 39 heavy (non-hydrogen) atoms. The normalized spacial score (nSPS) is 11.9. The molecular weight excluding hydrogens is 544 g/mol. The summed E-state index contributed by atoms with van der Waals surface area (Å²) in [6, 6.07) is 18.4. The molecule has 0 saturated carbocycles. The number of hydrogen-bond acceptors (Lipinski definition) is 6. The third kappa shape index (κ3) is 7.12. The molecule has 206 valence electrons. The first-order chi connectivity index (χ1) is 18.6. The summed E-state index contributed by atoms with van der Waals surface area (Å²) in [4.78, 5) is 38.8. The van der Waals surface area contributed by atoms with Crippen molar-refractivity contribution in [2.75, 3.05) is 17.4 Å². The maximum absolute atomic E-state index is 13.9. The molecule has 0 radical (unpaired) electrons. The van der Waals surface area contributed by atoms with E-state index in [0.717, 1.165) is 10.4 Å². The predicted molar refractivity (Wildman–Crippen MR) is 149 cm³/mol. The molecule has 0 aliphatic carbocycles. The summed E-state index contributed by atoms with van der Waals surface area (Å²) in [5, 5.41) is 14.5. The van der Waals surface area contributed by atoms with Crippen molar-refractivity contribution in [2.24, 2.45) is 0 Å². The number of nitro benzene ring substituents is 1. The molecule has 3 aromatic rings. The van der Waals surface area contributed by atoms with Gasteiger partial charge in [-0.3, -0.25) is 24.0 Å². The average Bonchev–Trinajstić information content (AvgIpc) is 2.93. The molecule has 0 aromatic heterocycles. The van der Waals surface area contributed by atoms with Crippen molar-refractivity contribution in [3.8, 4) is 0 Å². The van der Waals surface area contributed by atoms with E-state index < -0.39 is 39.3 Å². The minimum Gasteiger partial charge on any atom is -0.355 e. The predicted octanol–water partition coefficient (Wildman–Crippen LogP) is 4.39. The third-order valence-electron chi connectivity index (χ3n) is 5.97. The second-order valence-electron chi connectivity index (χ2n) is 8.53. The molecule has 0 aliphatic rings. The second kappa shape index (κ2) is 13.2. The van der Waals surface area contributed by atoms with Gasteiger partial charge < -0.3 is 10.2 Å². The van der Waals surface area contributed by atoms with Crippen LogP contribution in [0.3, 0.4) is 0 Å². The van der Waals surface area contributed by atoms with Crippen molar-refractivity contribution in [3.05, 3.63) is 99.6 Å². The fraction of sp³-hybridized carbons (Fsp3) is 0.259. The molecular formula is C27H29ClN4O6S. The molecule has 0 aliphatic heterocycles. The number of carbonyl (C=O) groups is 2. The highest BCUT2D eigenvalue weighted by molar-refractivity contribution is 7.92. The number of nitro groups is 1. The smallest absolute Gasteiger partial charge is 0.271 e. The molecule has 0 heterocycles. The van der Waals surface area contributed by atoms with Gasteiger partial charge in [-0.2, -0.15) is 0 Å². The third-order valence-corrected chi connectivity index (χ3v) is 8.13. The Balaban J connectivity index is 2.10. The Morgan fingerprint density at radius 3 is 2.28 bits per heavy atom. The number of rotatable bonds is 12. The Hall–Kier alpha value is -3.96. The molecule has 12 heteroatoms. The number of amides is 2. The molecule has 3 aromatic carbocycles. The van der Waals surface area contributed by atoms with Crippen molar-refractivity contribution in [3.63, 3.8) is 0 Å². The Morgan fingerprint density at radius 2 is 1.67 bits per heavy atom. The number of non-ortho nitro benzene ring substituents is 1. The Kier molecular flexibility index (Phi) is 10.0. The maximum atomic E-state index is 13.9. The Bertz CT molecular complexity index is 1430. The SMILES string of the molecule is CCNC(=O)C(CC)N(Cc1ccccc1Cl)C(=O)CN(c1cccc([N+](=O)[O-])c1)S(=O)(=O)c1ccccc1. The zero-order valence-corrected chi connectivity index (χ0v) is 23.1. The van der Waals surface area contributed by atoms with E-state index in [2.05, 4.69) is 5.32 Å². The van der Waals surface area contributed by atoms with Crippen LogP contribution < -0.4 is 9.62 Å². The number of nitrogens with zero attached hydrogens (tertiary/aromatic N) is 3. The standard InChI is InChI=1S/C27H29ClN4O6S/c1-3-25(27(34)29-4-2)30(18-20-11-8-9-16-24(20)28)26(33)19-31(21-12-10-13-22(17-21)32(35)36)39(37,38)23-14-6-5-7-15-23/h5-17,25H,3-4,18-19H2,1-2H3,(H,29,34). The first-order valence-electron chi connectivity index (χ1n) is 12.2. The topological polar surface area (TPSA) is 130 Å². The van der Waals surface area contributed by atoms with Crippen LogP contribution in [-0.4, -0.2) is 49.2 Å². The molecule has 0 fully saturated rings. The lowest BCUT2D eigenvalue weighted by Crippen LogP contribution is -2.52. The average molecular weight is 573 g/mol. The summed E-state index contributed by atoms with van der Waals surface area (Å²) >= 11 is 6.35. The van der Waals surface area contributed by atoms with Crippen LogP contribution in [0.25, 0.3) is 0 Å². The van der Waals surface area contributed by atoms with Crippen molar-refractivity contribution >= 4 is 44.8 Å². The number of carbonyl (C=O) groups excluding carboxylic acids is 2. The zero-order valence-electron chi connectivity index (χ0n) is 21.5.